The molecule has 1 aliphatic rings. The van der Waals surface area contributed by atoms with Gasteiger partial charge < -0.3 is 5.32 Å². The first kappa shape index (κ1) is 19.2. The summed E-state index contributed by atoms with van der Waals surface area (Å²) in [6, 6.07) is 7.18. The van der Waals surface area contributed by atoms with Crippen LogP contribution in [0.25, 0.3) is 10.2 Å². The second-order valence-corrected chi connectivity index (χ2v) is 9.07. The summed E-state index contributed by atoms with van der Waals surface area (Å²) in [7, 11) is 0. The molecular weight excluding hydrogens is 394 g/mol. The number of carbonyl (C=O) groups is 1. The molecule has 2 heterocycles. The molecule has 3 aromatic rings. The van der Waals surface area contributed by atoms with Crippen molar-refractivity contribution in [1.82, 2.24) is 14.9 Å². The first-order valence-corrected chi connectivity index (χ1v) is 10.7. The number of benzene rings is 1. The fourth-order valence-electron chi connectivity index (χ4n) is 3.76. The van der Waals surface area contributed by atoms with Gasteiger partial charge in [-0.1, -0.05) is 30.7 Å². The van der Waals surface area contributed by atoms with Gasteiger partial charge >= 0.3 is 0 Å². The predicted octanol–water partition coefficient (Wildman–Crippen LogP) is 4.11. The molecule has 0 saturated carbocycles. The molecular formula is C21H22ClN3O2S. The number of nitrogens with zero attached hydrogens (tertiary/aromatic N) is 2. The fourth-order valence-corrected chi connectivity index (χ4v) is 5.22. The van der Waals surface area contributed by atoms with E-state index in [1.807, 2.05) is 19.1 Å². The van der Waals surface area contributed by atoms with E-state index < -0.39 is 0 Å². The Kier molecular flexibility index (Phi) is 5.25. The van der Waals surface area contributed by atoms with Crippen LogP contribution in [0.3, 0.4) is 0 Å². The van der Waals surface area contributed by atoms with Crippen molar-refractivity contribution in [3.63, 3.8) is 0 Å². The zero-order valence-electron chi connectivity index (χ0n) is 15.9. The van der Waals surface area contributed by atoms with Crippen molar-refractivity contribution < 1.29 is 4.79 Å². The number of thiophene rings is 1. The Labute approximate surface area is 172 Å². The van der Waals surface area contributed by atoms with Crippen molar-refractivity contribution in [3.8, 4) is 0 Å². The summed E-state index contributed by atoms with van der Waals surface area (Å²) in [5, 5.41) is 4.29. The first-order chi connectivity index (χ1) is 13.4. The summed E-state index contributed by atoms with van der Waals surface area (Å²) in [6.07, 6.45) is 4.50. The average molecular weight is 416 g/mol. The van der Waals surface area contributed by atoms with Gasteiger partial charge in [-0.05, 0) is 55.4 Å². The molecule has 28 heavy (non-hydrogen) atoms. The second-order valence-electron chi connectivity index (χ2n) is 7.55. The van der Waals surface area contributed by atoms with Gasteiger partial charge in [-0.3, -0.25) is 14.2 Å². The number of aromatic nitrogens is 2. The van der Waals surface area contributed by atoms with Gasteiger partial charge in [0, 0.05) is 9.90 Å². The van der Waals surface area contributed by atoms with Gasteiger partial charge in [0.1, 0.15) is 11.4 Å². The third kappa shape index (κ3) is 3.71. The normalized spacial score (nSPS) is 17.3. The highest BCUT2D eigenvalue weighted by Gasteiger charge is 2.23. The number of amides is 1. The Morgan fingerprint density at radius 2 is 2.14 bits per heavy atom. The van der Waals surface area contributed by atoms with Gasteiger partial charge in [-0.15, -0.1) is 11.3 Å². The van der Waals surface area contributed by atoms with Crippen molar-refractivity contribution in [3.05, 3.63) is 62.0 Å². The van der Waals surface area contributed by atoms with E-state index in [0.29, 0.717) is 16.3 Å². The Morgan fingerprint density at radius 1 is 1.39 bits per heavy atom. The highest BCUT2D eigenvalue weighted by atomic mass is 35.5. The van der Waals surface area contributed by atoms with Crippen LogP contribution in [-0.4, -0.2) is 15.5 Å². The quantitative estimate of drug-likeness (QED) is 0.697. The SMILES string of the molecule is C[C@H]1CCc2c(sc3ncn(CC(=O)N[C@@H](C)c4ccc(Cl)cc4)c(=O)c23)C1. The molecule has 7 heteroatoms. The van der Waals surface area contributed by atoms with Crippen LogP contribution in [0.4, 0.5) is 0 Å². The molecule has 1 aromatic carbocycles. The third-order valence-electron chi connectivity index (χ3n) is 5.34. The number of halogens is 1. The van der Waals surface area contributed by atoms with Crippen LogP contribution in [0.15, 0.2) is 35.4 Å². The molecule has 1 N–H and O–H groups in total. The molecule has 2 atom stereocenters. The minimum atomic E-state index is -0.219. The van der Waals surface area contributed by atoms with Gasteiger partial charge in [-0.25, -0.2) is 4.98 Å². The number of nitrogens with one attached hydrogen (secondary N) is 1. The highest BCUT2D eigenvalue weighted by molar-refractivity contribution is 7.18. The number of carbonyl (C=O) groups excluding carboxylic acids is 1. The van der Waals surface area contributed by atoms with E-state index in [2.05, 4.69) is 17.2 Å². The zero-order valence-corrected chi connectivity index (χ0v) is 17.4. The Hall–Kier alpha value is -2.18. The largest absolute Gasteiger partial charge is 0.348 e. The van der Waals surface area contributed by atoms with Crippen molar-refractivity contribution in [2.45, 2.75) is 45.7 Å². The van der Waals surface area contributed by atoms with E-state index in [0.717, 1.165) is 35.2 Å². The molecule has 0 saturated heterocycles. The van der Waals surface area contributed by atoms with E-state index in [4.69, 9.17) is 11.6 Å². The summed E-state index contributed by atoms with van der Waals surface area (Å²) < 4.78 is 1.41. The van der Waals surface area contributed by atoms with Crippen LogP contribution < -0.4 is 10.9 Å². The second kappa shape index (κ2) is 7.68. The fraction of sp³-hybridized carbons (Fsp3) is 0.381. The van der Waals surface area contributed by atoms with E-state index in [1.165, 1.54) is 15.8 Å². The number of aryl methyl sites for hydroxylation is 1. The lowest BCUT2D eigenvalue weighted by atomic mass is 9.89. The molecule has 5 nitrogen and oxygen atoms in total. The number of hydrogen-bond donors (Lipinski definition) is 1. The molecule has 0 spiro atoms. The summed E-state index contributed by atoms with van der Waals surface area (Å²) in [4.78, 5) is 32.0. The van der Waals surface area contributed by atoms with Crippen LogP contribution in [0.5, 0.6) is 0 Å². The first-order valence-electron chi connectivity index (χ1n) is 9.47. The maximum absolute atomic E-state index is 13.0. The zero-order chi connectivity index (χ0) is 19.8. The van der Waals surface area contributed by atoms with Crippen LogP contribution in [-0.2, 0) is 24.2 Å². The van der Waals surface area contributed by atoms with Crippen LogP contribution >= 0.6 is 22.9 Å². The van der Waals surface area contributed by atoms with Crippen LogP contribution in [0.1, 0.15) is 42.3 Å². The molecule has 0 fully saturated rings. The van der Waals surface area contributed by atoms with Gasteiger partial charge in [0.2, 0.25) is 5.91 Å². The minimum Gasteiger partial charge on any atom is -0.348 e. The lowest BCUT2D eigenvalue weighted by Crippen LogP contribution is -2.34. The molecule has 0 radical (unpaired) electrons. The van der Waals surface area contributed by atoms with Crippen LogP contribution in [0.2, 0.25) is 5.02 Å². The molecule has 0 unspecified atom stereocenters. The van der Waals surface area contributed by atoms with Gasteiger partial charge in [0.15, 0.2) is 0 Å². The highest BCUT2D eigenvalue weighted by Crippen LogP contribution is 2.35. The standard InChI is InChI=1S/C21H22ClN3O2S/c1-12-3-8-16-17(9-12)28-20-19(16)21(27)25(11-23-20)10-18(26)24-13(2)14-4-6-15(22)7-5-14/h4-7,11-13H,3,8-10H2,1-2H3,(H,24,26)/t12-,13-/m0/s1. The average Bonchev–Trinajstić information content (AvgIpc) is 3.02. The Morgan fingerprint density at radius 3 is 2.89 bits per heavy atom. The Balaban J connectivity index is 1.54. The van der Waals surface area contributed by atoms with Crippen molar-refractivity contribution in [2.75, 3.05) is 0 Å². The monoisotopic (exact) mass is 415 g/mol. The van der Waals surface area contributed by atoms with E-state index in [-0.39, 0.29) is 24.1 Å². The summed E-state index contributed by atoms with van der Waals surface area (Å²) >= 11 is 7.53. The smallest absolute Gasteiger partial charge is 0.262 e. The predicted molar refractivity (Wildman–Crippen MR) is 113 cm³/mol. The summed E-state index contributed by atoms with van der Waals surface area (Å²) in [5.74, 6) is 0.423. The minimum absolute atomic E-state index is 0.0409. The molecule has 1 amide bonds. The maximum Gasteiger partial charge on any atom is 0.262 e. The summed E-state index contributed by atoms with van der Waals surface area (Å²) in [5.41, 5.74) is 1.98. The van der Waals surface area contributed by atoms with Crippen molar-refractivity contribution >= 4 is 39.1 Å². The molecule has 0 aliphatic heterocycles. The van der Waals surface area contributed by atoms with E-state index in [1.54, 1.807) is 23.5 Å². The van der Waals surface area contributed by atoms with Gasteiger partial charge in [-0.2, -0.15) is 0 Å². The number of hydrogen-bond acceptors (Lipinski definition) is 4. The number of fused-ring (bicyclic) bond motifs is 3. The third-order valence-corrected chi connectivity index (χ3v) is 6.76. The Bertz CT molecular complexity index is 1090. The van der Waals surface area contributed by atoms with Crippen LogP contribution in [0, 0.1) is 5.92 Å². The van der Waals surface area contributed by atoms with E-state index in [9.17, 15) is 9.59 Å². The lowest BCUT2D eigenvalue weighted by molar-refractivity contribution is -0.122. The van der Waals surface area contributed by atoms with Crippen molar-refractivity contribution in [2.24, 2.45) is 5.92 Å². The molecule has 1 aliphatic carbocycles. The molecule has 4 rings (SSSR count). The molecule has 146 valence electrons. The topological polar surface area (TPSA) is 64.0 Å². The molecule has 2 aromatic heterocycles. The van der Waals surface area contributed by atoms with Gasteiger partial charge in [0.05, 0.1) is 17.8 Å². The van der Waals surface area contributed by atoms with Crippen molar-refractivity contribution in [1.29, 1.82) is 0 Å². The lowest BCUT2D eigenvalue weighted by Gasteiger charge is -2.17. The number of rotatable bonds is 4. The maximum atomic E-state index is 13.0. The van der Waals surface area contributed by atoms with Gasteiger partial charge in [0.25, 0.3) is 5.56 Å². The molecule has 0 bridgehead atoms. The summed E-state index contributed by atoms with van der Waals surface area (Å²) in [6.45, 7) is 4.10. The van der Waals surface area contributed by atoms with E-state index >= 15 is 0 Å².